The lowest BCUT2D eigenvalue weighted by Crippen LogP contribution is -2.37. The number of hydrogen-bond donors (Lipinski definition) is 3. The fourth-order valence-electron chi connectivity index (χ4n) is 3.19. The lowest BCUT2D eigenvalue weighted by molar-refractivity contribution is -0.176. The van der Waals surface area contributed by atoms with Crippen LogP contribution in [0, 0.1) is 0 Å². The van der Waals surface area contributed by atoms with E-state index in [1.165, 1.54) is 32.1 Å². The molecule has 0 radical (unpaired) electrons. The highest BCUT2D eigenvalue weighted by molar-refractivity contribution is 5.73. The molecule has 2 rings (SSSR count). The van der Waals surface area contributed by atoms with Gasteiger partial charge in [-0.1, -0.05) is 43.5 Å². The molecule has 158 valence electrons. The van der Waals surface area contributed by atoms with E-state index in [0.717, 1.165) is 18.5 Å². The average molecular weight is 401 g/mol. The standard InChI is InChI=1S/C20H30F3N3O2/c21-20(22,23)15-28-14-17-9-7-16(8-10-17)13-26-19(27)25-12-4-11-24-18-5-2-1-3-6-18/h7-10,18,24H,1-6,11-15H2,(H2,25,26,27). The quantitative estimate of drug-likeness (QED) is 0.522. The average Bonchev–Trinajstić information content (AvgIpc) is 2.67. The van der Waals surface area contributed by atoms with Crippen molar-refractivity contribution in [3.8, 4) is 0 Å². The molecule has 0 spiro atoms. The number of ether oxygens (including phenoxy) is 1. The molecule has 0 atom stereocenters. The Hall–Kier alpha value is -1.80. The van der Waals surface area contributed by atoms with E-state index in [0.29, 0.717) is 24.7 Å². The molecule has 3 N–H and O–H groups in total. The first kappa shape index (κ1) is 22.5. The summed E-state index contributed by atoms with van der Waals surface area (Å²) in [6.07, 6.45) is 3.02. The van der Waals surface area contributed by atoms with Gasteiger partial charge in [0.25, 0.3) is 0 Å². The summed E-state index contributed by atoms with van der Waals surface area (Å²) in [6.45, 7) is 0.523. The van der Waals surface area contributed by atoms with E-state index < -0.39 is 12.8 Å². The van der Waals surface area contributed by atoms with Gasteiger partial charge in [0.05, 0.1) is 6.61 Å². The van der Waals surface area contributed by atoms with Crippen molar-refractivity contribution in [2.45, 2.75) is 63.9 Å². The number of carbonyl (C=O) groups excluding carboxylic acids is 1. The predicted octanol–water partition coefficient (Wildman–Crippen LogP) is 3.88. The summed E-state index contributed by atoms with van der Waals surface area (Å²) in [4.78, 5) is 11.8. The molecule has 1 fully saturated rings. The zero-order valence-corrected chi connectivity index (χ0v) is 16.1. The van der Waals surface area contributed by atoms with Crippen LogP contribution in [0.5, 0.6) is 0 Å². The smallest absolute Gasteiger partial charge is 0.367 e. The second-order valence-electron chi connectivity index (χ2n) is 7.18. The summed E-state index contributed by atoms with van der Waals surface area (Å²) in [6, 6.07) is 7.32. The van der Waals surface area contributed by atoms with Gasteiger partial charge in [-0.15, -0.1) is 0 Å². The van der Waals surface area contributed by atoms with Crippen LogP contribution in [0.1, 0.15) is 49.7 Å². The van der Waals surface area contributed by atoms with Crippen molar-refractivity contribution < 1.29 is 22.7 Å². The molecule has 0 aliphatic heterocycles. The second-order valence-corrected chi connectivity index (χ2v) is 7.18. The molecule has 5 nitrogen and oxygen atoms in total. The Labute approximate surface area is 164 Å². The Morgan fingerprint density at radius 2 is 1.68 bits per heavy atom. The minimum Gasteiger partial charge on any atom is -0.367 e. The second kappa shape index (κ2) is 11.9. The molecule has 1 aromatic rings. The van der Waals surface area contributed by atoms with Crippen LogP contribution < -0.4 is 16.0 Å². The van der Waals surface area contributed by atoms with Crippen LogP contribution >= 0.6 is 0 Å². The number of urea groups is 1. The van der Waals surface area contributed by atoms with Crippen molar-refractivity contribution in [2.24, 2.45) is 0 Å². The maximum Gasteiger partial charge on any atom is 0.411 e. The van der Waals surface area contributed by atoms with Crippen molar-refractivity contribution in [1.82, 2.24) is 16.0 Å². The molecule has 2 amide bonds. The van der Waals surface area contributed by atoms with Crippen LogP contribution in [0.3, 0.4) is 0 Å². The summed E-state index contributed by atoms with van der Waals surface area (Å²) in [5.41, 5.74) is 1.52. The monoisotopic (exact) mass is 401 g/mol. The minimum absolute atomic E-state index is 0.0946. The van der Waals surface area contributed by atoms with Crippen LogP contribution in [0.2, 0.25) is 0 Å². The van der Waals surface area contributed by atoms with Gasteiger partial charge in [0.2, 0.25) is 0 Å². The summed E-state index contributed by atoms with van der Waals surface area (Å²) >= 11 is 0. The zero-order valence-electron chi connectivity index (χ0n) is 16.1. The zero-order chi connectivity index (χ0) is 20.2. The molecular formula is C20H30F3N3O2. The minimum atomic E-state index is -4.32. The molecule has 1 aliphatic carbocycles. The van der Waals surface area contributed by atoms with Gasteiger partial charge >= 0.3 is 12.2 Å². The van der Waals surface area contributed by atoms with Gasteiger partial charge in [-0.05, 0) is 36.9 Å². The predicted molar refractivity (Wildman–Crippen MR) is 102 cm³/mol. The number of alkyl halides is 3. The van der Waals surface area contributed by atoms with Gasteiger partial charge in [-0.25, -0.2) is 4.79 Å². The molecule has 8 heteroatoms. The molecule has 1 saturated carbocycles. The number of nitrogens with one attached hydrogen (secondary N) is 3. The van der Waals surface area contributed by atoms with E-state index >= 15 is 0 Å². The van der Waals surface area contributed by atoms with Crippen molar-refractivity contribution in [3.63, 3.8) is 0 Å². The van der Waals surface area contributed by atoms with Gasteiger partial charge in [0.1, 0.15) is 6.61 Å². The first-order chi connectivity index (χ1) is 13.4. The molecule has 1 aromatic carbocycles. The molecule has 0 unspecified atom stereocenters. The summed E-state index contributed by atoms with van der Waals surface area (Å²) in [7, 11) is 0. The Morgan fingerprint density at radius 1 is 1.00 bits per heavy atom. The van der Waals surface area contributed by atoms with Crippen molar-refractivity contribution in [1.29, 1.82) is 0 Å². The molecule has 0 saturated heterocycles. The molecule has 0 heterocycles. The lowest BCUT2D eigenvalue weighted by Gasteiger charge is -2.22. The molecular weight excluding hydrogens is 371 g/mol. The fraction of sp³-hybridized carbons (Fsp3) is 0.650. The topological polar surface area (TPSA) is 62.4 Å². The van der Waals surface area contributed by atoms with Crippen molar-refractivity contribution in [3.05, 3.63) is 35.4 Å². The molecule has 1 aliphatic rings. The van der Waals surface area contributed by atoms with Crippen LogP contribution in [0.25, 0.3) is 0 Å². The van der Waals surface area contributed by atoms with E-state index in [9.17, 15) is 18.0 Å². The van der Waals surface area contributed by atoms with Crippen LogP contribution in [-0.2, 0) is 17.9 Å². The summed E-state index contributed by atoms with van der Waals surface area (Å²) < 4.78 is 40.7. The number of benzene rings is 1. The highest BCUT2D eigenvalue weighted by Crippen LogP contribution is 2.17. The third kappa shape index (κ3) is 9.94. The van der Waals surface area contributed by atoms with E-state index in [1.54, 1.807) is 24.3 Å². The maximum atomic E-state index is 12.0. The van der Waals surface area contributed by atoms with Crippen LogP contribution in [-0.4, -0.2) is 37.9 Å². The first-order valence-corrected chi connectivity index (χ1v) is 9.90. The molecule has 0 bridgehead atoms. The normalized spacial score (nSPS) is 15.4. The van der Waals surface area contributed by atoms with E-state index in [1.807, 2.05) is 0 Å². The Kier molecular flexibility index (Phi) is 9.57. The van der Waals surface area contributed by atoms with Gasteiger partial charge < -0.3 is 20.7 Å². The van der Waals surface area contributed by atoms with Gasteiger partial charge in [0.15, 0.2) is 0 Å². The number of halogens is 3. The fourth-order valence-corrected chi connectivity index (χ4v) is 3.19. The summed E-state index contributed by atoms with van der Waals surface area (Å²) in [5.74, 6) is 0. The van der Waals surface area contributed by atoms with Crippen LogP contribution in [0.4, 0.5) is 18.0 Å². The Morgan fingerprint density at radius 3 is 2.36 bits per heavy atom. The Balaban J connectivity index is 1.53. The molecule has 0 aromatic heterocycles. The SMILES string of the molecule is O=C(NCCCNC1CCCCC1)NCc1ccc(COCC(F)(F)F)cc1. The van der Waals surface area contributed by atoms with E-state index in [-0.39, 0.29) is 12.6 Å². The van der Waals surface area contributed by atoms with Gasteiger partial charge in [0, 0.05) is 19.1 Å². The largest absolute Gasteiger partial charge is 0.411 e. The third-order valence-electron chi connectivity index (χ3n) is 4.69. The van der Waals surface area contributed by atoms with Crippen molar-refractivity contribution in [2.75, 3.05) is 19.7 Å². The number of rotatable bonds is 10. The highest BCUT2D eigenvalue weighted by Gasteiger charge is 2.27. The lowest BCUT2D eigenvalue weighted by atomic mass is 9.95. The summed E-state index contributed by atoms with van der Waals surface area (Å²) in [5, 5.41) is 9.14. The number of amides is 2. The van der Waals surface area contributed by atoms with E-state index in [4.69, 9.17) is 0 Å². The number of carbonyl (C=O) groups is 1. The van der Waals surface area contributed by atoms with Crippen molar-refractivity contribution >= 4 is 6.03 Å². The first-order valence-electron chi connectivity index (χ1n) is 9.90. The molecule has 28 heavy (non-hydrogen) atoms. The third-order valence-corrected chi connectivity index (χ3v) is 4.69. The number of hydrogen-bond acceptors (Lipinski definition) is 3. The van der Waals surface area contributed by atoms with Gasteiger partial charge in [-0.2, -0.15) is 13.2 Å². The maximum absolute atomic E-state index is 12.0. The Bertz CT molecular complexity index is 573. The van der Waals surface area contributed by atoms with Crippen LogP contribution in [0.15, 0.2) is 24.3 Å². The van der Waals surface area contributed by atoms with Gasteiger partial charge in [-0.3, -0.25) is 0 Å². The van der Waals surface area contributed by atoms with E-state index in [2.05, 4.69) is 20.7 Å². The highest BCUT2D eigenvalue weighted by atomic mass is 19.4.